The largest absolute Gasteiger partial charge is 0.543 e. The predicted octanol–water partition coefficient (Wildman–Crippen LogP) is 4.14. The second-order valence-electron chi connectivity index (χ2n) is 5.96. The molecule has 0 aliphatic rings. The van der Waals surface area contributed by atoms with Gasteiger partial charge in [0.2, 0.25) is 8.32 Å². The van der Waals surface area contributed by atoms with Gasteiger partial charge in [0, 0.05) is 12.4 Å². The molecular formula is C16H21N3OSi. The molecule has 0 saturated heterocycles. The maximum atomic E-state index is 6.08. The number of aromatic nitrogens is 2. The SMILES string of the molecule is CC(=Nc1ccccc1O[Si](C)(C)C)c1ncc(C)cn1. The number of para-hydroxylation sites is 2. The number of hydrogen-bond donors (Lipinski definition) is 0. The van der Waals surface area contributed by atoms with Gasteiger partial charge in [0.25, 0.3) is 0 Å². The van der Waals surface area contributed by atoms with Crippen LogP contribution in [0.15, 0.2) is 41.7 Å². The number of hydrogen-bond acceptors (Lipinski definition) is 4. The van der Waals surface area contributed by atoms with Gasteiger partial charge in [-0.3, -0.25) is 0 Å². The first-order valence-corrected chi connectivity index (χ1v) is 10.4. The summed E-state index contributed by atoms with van der Waals surface area (Å²) in [7, 11) is -1.67. The van der Waals surface area contributed by atoms with Gasteiger partial charge in [-0.05, 0) is 51.2 Å². The number of nitrogens with zero attached hydrogens (tertiary/aromatic N) is 3. The maximum absolute atomic E-state index is 6.08. The summed E-state index contributed by atoms with van der Waals surface area (Å²) in [6.45, 7) is 10.3. The molecule has 0 N–H and O–H groups in total. The minimum atomic E-state index is -1.67. The van der Waals surface area contributed by atoms with Crippen molar-refractivity contribution >= 4 is 19.7 Å². The molecule has 2 aromatic rings. The van der Waals surface area contributed by atoms with Crippen molar-refractivity contribution in [3.8, 4) is 5.75 Å². The van der Waals surface area contributed by atoms with Gasteiger partial charge in [0.1, 0.15) is 11.4 Å². The molecule has 1 aromatic heterocycles. The Hall–Kier alpha value is -2.01. The molecule has 1 heterocycles. The summed E-state index contributed by atoms with van der Waals surface area (Å²) in [5.74, 6) is 1.46. The summed E-state index contributed by atoms with van der Waals surface area (Å²) < 4.78 is 6.08. The van der Waals surface area contributed by atoms with Crippen LogP contribution in [0.2, 0.25) is 19.6 Å². The van der Waals surface area contributed by atoms with Crippen molar-refractivity contribution in [2.45, 2.75) is 33.5 Å². The first-order valence-electron chi connectivity index (χ1n) is 6.97. The zero-order valence-electron chi connectivity index (χ0n) is 13.2. The van der Waals surface area contributed by atoms with Gasteiger partial charge < -0.3 is 4.43 Å². The van der Waals surface area contributed by atoms with Crippen molar-refractivity contribution in [3.63, 3.8) is 0 Å². The van der Waals surface area contributed by atoms with E-state index >= 15 is 0 Å². The Balaban J connectivity index is 2.34. The lowest BCUT2D eigenvalue weighted by atomic mass is 10.3. The molecule has 0 amide bonds. The van der Waals surface area contributed by atoms with Crippen molar-refractivity contribution in [1.29, 1.82) is 0 Å². The van der Waals surface area contributed by atoms with Crippen molar-refractivity contribution in [2.75, 3.05) is 0 Å². The van der Waals surface area contributed by atoms with Crippen LogP contribution in [0, 0.1) is 6.92 Å². The molecule has 0 aliphatic carbocycles. The molecular weight excluding hydrogens is 278 g/mol. The van der Waals surface area contributed by atoms with Crippen LogP contribution in [0.3, 0.4) is 0 Å². The van der Waals surface area contributed by atoms with E-state index in [2.05, 4.69) is 34.6 Å². The summed E-state index contributed by atoms with van der Waals surface area (Å²) in [5, 5.41) is 0. The Morgan fingerprint density at radius 1 is 1.10 bits per heavy atom. The molecule has 0 radical (unpaired) electrons. The molecule has 0 bridgehead atoms. The summed E-state index contributed by atoms with van der Waals surface area (Å²) in [4.78, 5) is 13.2. The number of rotatable bonds is 4. The summed E-state index contributed by atoms with van der Waals surface area (Å²) >= 11 is 0. The molecule has 1 aromatic carbocycles. The van der Waals surface area contributed by atoms with Crippen LogP contribution in [0.1, 0.15) is 18.3 Å². The van der Waals surface area contributed by atoms with Gasteiger partial charge in [0.05, 0.1) is 5.71 Å². The highest BCUT2D eigenvalue weighted by molar-refractivity contribution is 6.70. The van der Waals surface area contributed by atoms with E-state index in [4.69, 9.17) is 4.43 Å². The van der Waals surface area contributed by atoms with E-state index in [0.29, 0.717) is 5.82 Å². The van der Waals surface area contributed by atoms with E-state index < -0.39 is 8.32 Å². The number of aliphatic imine (C=N–C) groups is 1. The zero-order valence-corrected chi connectivity index (χ0v) is 14.2. The molecule has 0 atom stereocenters. The first kappa shape index (κ1) is 15.4. The van der Waals surface area contributed by atoms with Crippen molar-refractivity contribution < 1.29 is 4.43 Å². The Morgan fingerprint density at radius 2 is 1.71 bits per heavy atom. The topological polar surface area (TPSA) is 47.4 Å². The standard InChI is InChI=1S/C16H21N3OSi/c1-12-10-17-16(18-11-12)13(2)19-14-8-6-7-9-15(14)20-21(3,4)5/h6-11H,1-5H3. The average Bonchev–Trinajstić information content (AvgIpc) is 2.40. The highest BCUT2D eigenvalue weighted by Crippen LogP contribution is 2.29. The molecule has 2 rings (SSSR count). The fourth-order valence-corrected chi connectivity index (χ4v) is 2.61. The van der Waals surface area contributed by atoms with Crippen LogP contribution < -0.4 is 4.43 Å². The maximum Gasteiger partial charge on any atom is 0.242 e. The van der Waals surface area contributed by atoms with E-state index in [-0.39, 0.29) is 0 Å². The molecule has 5 heteroatoms. The molecule has 0 fully saturated rings. The van der Waals surface area contributed by atoms with Gasteiger partial charge in [-0.15, -0.1) is 0 Å². The van der Waals surface area contributed by atoms with Crippen LogP contribution in [0.4, 0.5) is 5.69 Å². The normalized spacial score (nSPS) is 12.3. The Kier molecular flexibility index (Phi) is 4.52. The lowest BCUT2D eigenvalue weighted by Crippen LogP contribution is -2.29. The molecule has 4 nitrogen and oxygen atoms in total. The quantitative estimate of drug-likeness (QED) is 0.629. The van der Waals surface area contributed by atoms with Gasteiger partial charge in [0.15, 0.2) is 5.82 Å². The number of benzene rings is 1. The second-order valence-corrected chi connectivity index (χ2v) is 10.4. The van der Waals surface area contributed by atoms with Crippen LogP contribution >= 0.6 is 0 Å². The Morgan fingerprint density at radius 3 is 2.33 bits per heavy atom. The first-order chi connectivity index (χ1) is 9.85. The summed E-state index contributed by atoms with van der Waals surface area (Å²) in [5.41, 5.74) is 2.64. The second kappa shape index (κ2) is 6.18. The lowest BCUT2D eigenvalue weighted by Gasteiger charge is -2.20. The molecule has 0 unspecified atom stereocenters. The highest BCUT2D eigenvalue weighted by Gasteiger charge is 2.18. The third-order valence-electron chi connectivity index (χ3n) is 2.67. The van der Waals surface area contributed by atoms with Gasteiger partial charge >= 0.3 is 0 Å². The third-order valence-corrected chi connectivity index (χ3v) is 3.51. The van der Waals surface area contributed by atoms with Crippen molar-refractivity contribution in [1.82, 2.24) is 9.97 Å². The van der Waals surface area contributed by atoms with E-state index in [1.54, 1.807) is 12.4 Å². The predicted molar refractivity (Wildman–Crippen MR) is 89.1 cm³/mol. The van der Waals surface area contributed by atoms with E-state index in [0.717, 1.165) is 22.7 Å². The minimum Gasteiger partial charge on any atom is -0.543 e. The fraction of sp³-hybridized carbons (Fsp3) is 0.312. The molecule has 0 spiro atoms. The molecule has 110 valence electrons. The van der Waals surface area contributed by atoms with Crippen molar-refractivity contribution in [2.24, 2.45) is 4.99 Å². The highest BCUT2D eigenvalue weighted by atomic mass is 28.4. The van der Waals surface area contributed by atoms with Crippen LogP contribution in [-0.4, -0.2) is 24.0 Å². The molecule has 0 saturated carbocycles. The average molecular weight is 299 g/mol. The van der Waals surface area contributed by atoms with Gasteiger partial charge in [-0.25, -0.2) is 15.0 Å². The zero-order chi connectivity index (χ0) is 15.5. The summed E-state index contributed by atoms with van der Waals surface area (Å²) in [6.07, 6.45) is 3.59. The summed E-state index contributed by atoms with van der Waals surface area (Å²) in [6, 6.07) is 7.83. The van der Waals surface area contributed by atoms with E-state index in [9.17, 15) is 0 Å². The Bertz CT molecular complexity index is 645. The lowest BCUT2D eigenvalue weighted by molar-refractivity contribution is 0.559. The molecule has 0 aliphatic heterocycles. The molecule has 21 heavy (non-hydrogen) atoms. The monoisotopic (exact) mass is 299 g/mol. The Labute approximate surface area is 127 Å². The number of aryl methyl sites for hydroxylation is 1. The van der Waals surface area contributed by atoms with Gasteiger partial charge in [-0.2, -0.15) is 0 Å². The van der Waals surface area contributed by atoms with Crippen molar-refractivity contribution in [3.05, 3.63) is 48.0 Å². The van der Waals surface area contributed by atoms with Crippen LogP contribution in [-0.2, 0) is 0 Å². The minimum absolute atomic E-state index is 0.642. The smallest absolute Gasteiger partial charge is 0.242 e. The van der Waals surface area contributed by atoms with E-state index in [1.807, 2.05) is 38.1 Å². The fourth-order valence-electron chi connectivity index (χ4n) is 1.78. The van der Waals surface area contributed by atoms with Crippen LogP contribution in [0.5, 0.6) is 5.75 Å². The van der Waals surface area contributed by atoms with Crippen LogP contribution in [0.25, 0.3) is 0 Å². The van der Waals surface area contributed by atoms with Gasteiger partial charge in [-0.1, -0.05) is 12.1 Å². The third kappa shape index (κ3) is 4.49. The van der Waals surface area contributed by atoms with E-state index in [1.165, 1.54) is 0 Å².